The zero-order valence-corrected chi connectivity index (χ0v) is 16.3. The number of benzene rings is 1. The number of likely N-dealkylation sites (N-methyl/N-ethyl adjacent to an activating group) is 2. The average Bonchev–Trinajstić information content (AvgIpc) is 3.18. The number of para-hydroxylation sites is 1. The third kappa shape index (κ3) is 4.37. The lowest BCUT2D eigenvalue weighted by atomic mass is 10.1. The molecule has 0 saturated carbocycles. The van der Waals surface area contributed by atoms with E-state index in [1.165, 1.54) is 0 Å². The number of nitrogens with zero attached hydrogens (tertiary/aromatic N) is 5. The van der Waals surface area contributed by atoms with Gasteiger partial charge in [-0.05, 0) is 20.2 Å². The van der Waals surface area contributed by atoms with Crippen molar-refractivity contribution >= 4 is 28.1 Å². The first-order valence-electron chi connectivity index (χ1n) is 9.12. The number of anilines is 2. The highest BCUT2D eigenvalue weighted by Gasteiger charge is 2.27. The highest BCUT2D eigenvalue weighted by atomic mass is 16.6. The third-order valence-corrected chi connectivity index (χ3v) is 4.51. The molecular weight excluding hydrogens is 358 g/mol. The summed E-state index contributed by atoms with van der Waals surface area (Å²) in [5.41, 5.74) is 2.12. The normalized spacial score (nSPS) is 11.1. The second-order valence-corrected chi connectivity index (χ2v) is 6.90. The molecule has 3 rings (SSSR count). The van der Waals surface area contributed by atoms with Crippen molar-refractivity contribution < 1.29 is 4.92 Å². The molecule has 0 aliphatic rings. The van der Waals surface area contributed by atoms with E-state index >= 15 is 0 Å². The zero-order chi connectivity index (χ0) is 20.1. The Labute approximate surface area is 163 Å². The molecule has 0 fully saturated rings. The Morgan fingerprint density at radius 1 is 1.21 bits per heavy atom. The minimum Gasteiger partial charge on any atom is -0.378 e. The zero-order valence-electron chi connectivity index (χ0n) is 16.3. The fourth-order valence-corrected chi connectivity index (χ4v) is 3.01. The van der Waals surface area contributed by atoms with Gasteiger partial charge in [-0.3, -0.25) is 10.1 Å². The molecule has 0 spiro atoms. The van der Waals surface area contributed by atoms with E-state index in [-0.39, 0.29) is 10.6 Å². The molecule has 1 aromatic carbocycles. The van der Waals surface area contributed by atoms with Gasteiger partial charge in [-0.25, -0.2) is 9.97 Å². The molecule has 0 saturated heterocycles. The van der Waals surface area contributed by atoms with Crippen molar-refractivity contribution in [1.82, 2.24) is 19.9 Å². The van der Waals surface area contributed by atoms with Crippen LogP contribution < -0.4 is 10.2 Å². The van der Waals surface area contributed by atoms with Crippen molar-refractivity contribution in [2.75, 3.05) is 51.0 Å². The van der Waals surface area contributed by atoms with Gasteiger partial charge in [0.2, 0.25) is 5.82 Å². The molecule has 28 heavy (non-hydrogen) atoms. The van der Waals surface area contributed by atoms with Crippen LogP contribution in [0, 0.1) is 10.1 Å². The van der Waals surface area contributed by atoms with Gasteiger partial charge in [0.1, 0.15) is 5.69 Å². The summed E-state index contributed by atoms with van der Waals surface area (Å²) in [6.45, 7) is 1.93. The van der Waals surface area contributed by atoms with E-state index in [1.807, 2.05) is 61.4 Å². The lowest BCUT2D eigenvalue weighted by molar-refractivity contribution is -0.383. The van der Waals surface area contributed by atoms with Crippen molar-refractivity contribution in [2.45, 2.75) is 6.42 Å². The first-order chi connectivity index (χ1) is 13.5. The van der Waals surface area contributed by atoms with Gasteiger partial charge in [-0.2, -0.15) is 0 Å². The minimum atomic E-state index is -0.349. The molecule has 0 bridgehead atoms. The van der Waals surface area contributed by atoms with Gasteiger partial charge in [0.25, 0.3) is 0 Å². The van der Waals surface area contributed by atoms with E-state index in [2.05, 4.69) is 20.3 Å². The van der Waals surface area contributed by atoms with Gasteiger partial charge in [0.15, 0.2) is 0 Å². The molecule has 0 atom stereocenters. The summed E-state index contributed by atoms with van der Waals surface area (Å²) >= 11 is 0. The van der Waals surface area contributed by atoms with Crippen LogP contribution in [-0.2, 0) is 6.42 Å². The van der Waals surface area contributed by atoms with E-state index in [1.54, 1.807) is 6.33 Å². The average molecular weight is 383 g/mol. The number of hydrogen-bond donors (Lipinski definition) is 2. The highest BCUT2D eigenvalue weighted by molar-refractivity contribution is 5.99. The number of rotatable bonds is 9. The molecule has 9 heteroatoms. The van der Waals surface area contributed by atoms with E-state index < -0.39 is 0 Å². The molecule has 3 aromatic rings. The van der Waals surface area contributed by atoms with Crippen molar-refractivity contribution in [3.63, 3.8) is 0 Å². The van der Waals surface area contributed by atoms with Gasteiger partial charge in [0.05, 0.1) is 22.5 Å². The molecule has 2 heterocycles. The van der Waals surface area contributed by atoms with Crippen LogP contribution >= 0.6 is 0 Å². The maximum atomic E-state index is 12.0. The van der Waals surface area contributed by atoms with Crippen LogP contribution in [0.25, 0.3) is 10.9 Å². The Kier molecular flexibility index (Phi) is 6.05. The number of H-pyrrole nitrogens is 1. The minimum absolute atomic E-state index is 0.00184. The summed E-state index contributed by atoms with van der Waals surface area (Å²) < 4.78 is 0. The van der Waals surface area contributed by atoms with Gasteiger partial charge in [-0.15, -0.1) is 0 Å². The van der Waals surface area contributed by atoms with E-state index in [4.69, 9.17) is 0 Å². The number of pyridine rings is 1. The smallest absolute Gasteiger partial charge is 0.335 e. The topological polar surface area (TPSA) is 103 Å². The Bertz CT molecular complexity index is 941. The van der Waals surface area contributed by atoms with E-state index in [9.17, 15) is 10.1 Å². The lowest BCUT2D eigenvalue weighted by Crippen LogP contribution is -2.29. The summed E-state index contributed by atoms with van der Waals surface area (Å²) in [6, 6.07) is 7.48. The molecule has 0 amide bonds. The second-order valence-electron chi connectivity index (χ2n) is 6.90. The standard InChI is InChI=1S/C19H25N7O2/c1-24(2)10-11-25(3)19-18(26(27)28)17(15-6-4-5-7-16(15)23-19)21-9-8-14-12-20-13-22-14/h4-7,12-13H,8-11H2,1-3H3,(H,20,22)(H,21,23). The molecule has 0 radical (unpaired) electrons. The van der Waals surface area contributed by atoms with Crippen molar-refractivity contribution in [1.29, 1.82) is 0 Å². The quantitative estimate of drug-likeness (QED) is 0.432. The summed E-state index contributed by atoms with van der Waals surface area (Å²) in [5, 5.41) is 16.0. The fourth-order valence-electron chi connectivity index (χ4n) is 3.01. The SMILES string of the molecule is CN(C)CCN(C)c1nc2ccccc2c(NCCc2c[nH]cn2)c1[N+](=O)[O-]. The van der Waals surface area contributed by atoms with Crippen molar-refractivity contribution in [2.24, 2.45) is 0 Å². The van der Waals surface area contributed by atoms with Gasteiger partial charge in [0, 0.05) is 44.7 Å². The second kappa shape index (κ2) is 8.66. The molecule has 148 valence electrons. The maximum absolute atomic E-state index is 12.0. The summed E-state index contributed by atoms with van der Waals surface area (Å²) in [4.78, 5) is 27.2. The predicted molar refractivity (Wildman–Crippen MR) is 111 cm³/mol. The number of nitrogens with one attached hydrogen (secondary N) is 2. The Balaban J connectivity index is 2.00. The van der Waals surface area contributed by atoms with Gasteiger partial charge >= 0.3 is 5.69 Å². The van der Waals surface area contributed by atoms with Crippen LogP contribution in [0.2, 0.25) is 0 Å². The summed E-state index contributed by atoms with van der Waals surface area (Å²) in [5.74, 6) is 0.368. The Morgan fingerprint density at radius 3 is 2.68 bits per heavy atom. The fraction of sp³-hybridized carbons (Fsp3) is 0.368. The largest absolute Gasteiger partial charge is 0.378 e. The van der Waals surface area contributed by atoms with Crippen molar-refractivity contribution in [3.8, 4) is 0 Å². The van der Waals surface area contributed by atoms with Crippen LogP contribution in [0.4, 0.5) is 17.2 Å². The number of fused-ring (bicyclic) bond motifs is 1. The van der Waals surface area contributed by atoms with Gasteiger partial charge < -0.3 is 20.1 Å². The number of hydrogen-bond acceptors (Lipinski definition) is 7. The highest BCUT2D eigenvalue weighted by Crippen LogP contribution is 2.39. The molecule has 9 nitrogen and oxygen atoms in total. The summed E-state index contributed by atoms with van der Waals surface area (Å²) in [6.07, 6.45) is 4.10. The third-order valence-electron chi connectivity index (χ3n) is 4.51. The predicted octanol–water partition coefficient (Wildman–Crippen LogP) is 2.52. The Morgan fingerprint density at radius 2 is 2.00 bits per heavy atom. The van der Waals surface area contributed by atoms with Crippen LogP contribution in [0.15, 0.2) is 36.8 Å². The first kappa shape index (κ1) is 19.6. The first-order valence-corrected chi connectivity index (χ1v) is 9.12. The molecule has 0 aliphatic heterocycles. The van der Waals surface area contributed by atoms with Crippen LogP contribution in [0.5, 0.6) is 0 Å². The van der Waals surface area contributed by atoms with Gasteiger partial charge in [-0.1, -0.05) is 18.2 Å². The van der Waals surface area contributed by atoms with E-state index in [0.29, 0.717) is 31.0 Å². The number of aromatic nitrogens is 3. The molecular formula is C19H25N7O2. The van der Waals surface area contributed by atoms with Crippen LogP contribution in [0.3, 0.4) is 0 Å². The molecule has 0 unspecified atom stereocenters. The lowest BCUT2D eigenvalue weighted by Gasteiger charge is -2.22. The molecule has 2 aromatic heterocycles. The molecule has 2 N–H and O–H groups in total. The Hall–Kier alpha value is -3.20. The van der Waals surface area contributed by atoms with E-state index in [0.717, 1.165) is 23.1 Å². The van der Waals surface area contributed by atoms with Crippen LogP contribution in [0.1, 0.15) is 5.69 Å². The molecule has 0 aliphatic carbocycles. The number of imidazole rings is 1. The van der Waals surface area contributed by atoms with Crippen molar-refractivity contribution in [3.05, 3.63) is 52.6 Å². The summed E-state index contributed by atoms with van der Waals surface area (Å²) in [7, 11) is 5.78. The monoisotopic (exact) mass is 383 g/mol. The number of nitro groups is 1. The van der Waals surface area contributed by atoms with Crippen LogP contribution in [-0.4, -0.2) is 65.6 Å². The maximum Gasteiger partial charge on any atom is 0.335 e. The number of aromatic amines is 1.